The maximum atomic E-state index is 10.9. The molecular weight excluding hydrogens is 192 g/mol. The van der Waals surface area contributed by atoms with Crippen molar-refractivity contribution in [3.05, 3.63) is 0 Å². The summed E-state index contributed by atoms with van der Waals surface area (Å²) in [4.78, 5) is 14.9. The van der Waals surface area contributed by atoms with Crippen LogP contribution < -0.4 is 0 Å². The van der Waals surface area contributed by atoms with Crippen LogP contribution >= 0.6 is 0 Å². The molecule has 0 aromatic heterocycles. The van der Waals surface area contributed by atoms with Gasteiger partial charge in [0.15, 0.2) is 0 Å². The van der Waals surface area contributed by atoms with Crippen molar-refractivity contribution in [3.8, 4) is 0 Å². The Morgan fingerprint density at radius 2 is 1.80 bits per heavy atom. The first-order chi connectivity index (χ1) is 7.27. The lowest BCUT2D eigenvalue weighted by atomic mass is 10.0. The highest BCUT2D eigenvalue weighted by Gasteiger charge is 2.28. The Bertz CT molecular complexity index is 227. The Morgan fingerprint density at radius 3 is 2.47 bits per heavy atom. The fourth-order valence-electron chi connectivity index (χ4n) is 2.71. The number of amides is 1. The van der Waals surface area contributed by atoms with Gasteiger partial charge >= 0.3 is 6.09 Å². The van der Waals surface area contributed by atoms with Crippen LogP contribution in [0.4, 0.5) is 4.79 Å². The number of piperidine rings is 2. The van der Waals surface area contributed by atoms with E-state index in [1.165, 1.54) is 25.7 Å². The van der Waals surface area contributed by atoms with Gasteiger partial charge in [-0.2, -0.15) is 0 Å². The molecule has 0 aromatic carbocycles. The second-order valence-corrected chi connectivity index (χ2v) is 4.62. The Labute approximate surface area is 90.9 Å². The minimum Gasteiger partial charge on any atom is -0.465 e. The first-order valence-corrected chi connectivity index (χ1v) is 5.99. The maximum absolute atomic E-state index is 10.9. The van der Waals surface area contributed by atoms with Gasteiger partial charge in [0.1, 0.15) is 0 Å². The first-order valence-electron chi connectivity index (χ1n) is 5.99. The number of hydrogen-bond donors (Lipinski definition) is 1. The van der Waals surface area contributed by atoms with Gasteiger partial charge in [0.25, 0.3) is 0 Å². The van der Waals surface area contributed by atoms with Crippen molar-refractivity contribution in [3.63, 3.8) is 0 Å². The van der Waals surface area contributed by atoms with Crippen molar-refractivity contribution < 1.29 is 9.90 Å². The molecule has 1 N–H and O–H groups in total. The second-order valence-electron chi connectivity index (χ2n) is 4.62. The zero-order valence-corrected chi connectivity index (χ0v) is 9.19. The van der Waals surface area contributed by atoms with Crippen molar-refractivity contribution in [1.29, 1.82) is 0 Å². The minimum absolute atomic E-state index is 0.482. The molecule has 2 aliphatic rings. The van der Waals surface area contributed by atoms with E-state index in [9.17, 15) is 4.79 Å². The largest absolute Gasteiger partial charge is 0.465 e. The van der Waals surface area contributed by atoms with Gasteiger partial charge in [0.2, 0.25) is 0 Å². The van der Waals surface area contributed by atoms with E-state index in [0.717, 1.165) is 32.6 Å². The lowest BCUT2D eigenvalue weighted by Crippen LogP contribution is -2.50. The summed E-state index contributed by atoms with van der Waals surface area (Å²) in [7, 11) is 0. The number of likely N-dealkylation sites (tertiary alicyclic amines) is 2. The van der Waals surface area contributed by atoms with Gasteiger partial charge in [-0.1, -0.05) is 6.42 Å². The van der Waals surface area contributed by atoms with E-state index in [4.69, 9.17) is 5.11 Å². The summed E-state index contributed by atoms with van der Waals surface area (Å²) in [6.07, 6.45) is 5.34. The zero-order valence-electron chi connectivity index (χ0n) is 9.19. The van der Waals surface area contributed by atoms with Crippen molar-refractivity contribution in [2.45, 2.75) is 38.1 Å². The Hall–Kier alpha value is -0.770. The van der Waals surface area contributed by atoms with E-state index < -0.39 is 6.09 Å². The normalized spacial score (nSPS) is 29.1. The average Bonchev–Trinajstić information content (AvgIpc) is 2.30. The molecule has 0 bridgehead atoms. The summed E-state index contributed by atoms with van der Waals surface area (Å²) in [5, 5.41) is 8.96. The molecule has 86 valence electrons. The summed E-state index contributed by atoms with van der Waals surface area (Å²) < 4.78 is 0. The van der Waals surface area contributed by atoms with Crippen LogP contribution in [0.2, 0.25) is 0 Å². The molecule has 1 amide bonds. The molecule has 4 nitrogen and oxygen atoms in total. The fourth-order valence-corrected chi connectivity index (χ4v) is 2.71. The molecule has 0 saturated carbocycles. The molecule has 0 unspecified atom stereocenters. The van der Waals surface area contributed by atoms with Crippen molar-refractivity contribution >= 4 is 6.09 Å². The lowest BCUT2D eigenvalue weighted by molar-refractivity contribution is 0.0761. The van der Waals surface area contributed by atoms with Crippen LogP contribution in [0.15, 0.2) is 0 Å². The van der Waals surface area contributed by atoms with Crippen LogP contribution in [0.25, 0.3) is 0 Å². The molecule has 0 aliphatic carbocycles. The number of nitrogens with zero attached hydrogens (tertiary/aromatic N) is 2. The predicted molar refractivity (Wildman–Crippen MR) is 58.0 cm³/mol. The van der Waals surface area contributed by atoms with E-state index in [0.29, 0.717) is 6.04 Å². The predicted octanol–water partition coefficient (Wildman–Crippen LogP) is 1.61. The molecule has 2 fully saturated rings. The highest BCUT2D eigenvalue weighted by Crippen LogP contribution is 2.20. The number of carbonyl (C=O) groups is 1. The maximum Gasteiger partial charge on any atom is 0.407 e. The van der Waals surface area contributed by atoms with E-state index in [-0.39, 0.29) is 0 Å². The number of hydrogen-bond acceptors (Lipinski definition) is 2. The molecule has 0 spiro atoms. The van der Waals surface area contributed by atoms with Crippen molar-refractivity contribution in [2.24, 2.45) is 0 Å². The molecule has 2 aliphatic heterocycles. The van der Waals surface area contributed by atoms with Crippen LogP contribution in [0, 0.1) is 0 Å². The Balaban J connectivity index is 1.88. The summed E-state index contributed by atoms with van der Waals surface area (Å²) in [5.41, 5.74) is 0. The molecule has 2 rings (SSSR count). The minimum atomic E-state index is -0.753. The monoisotopic (exact) mass is 212 g/mol. The van der Waals surface area contributed by atoms with Gasteiger partial charge in [0.05, 0.1) is 0 Å². The van der Waals surface area contributed by atoms with Gasteiger partial charge in [-0.3, -0.25) is 4.90 Å². The quantitative estimate of drug-likeness (QED) is 0.718. The molecule has 2 heterocycles. The van der Waals surface area contributed by atoms with Crippen LogP contribution in [-0.2, 0) is 0 Å². The van der Waals surface area contributed by atoms with Gasteiger partial charge in [-0.05, 0) is 38.8 Å². The SMILES string of the molecule is O=C(O)N1CCC[C@H](N2CCCCC2)C1. The van der Waals surface area contributed by atoms with Crippen molar-refractivity contribution in [2.75, 3.05) is 26.2 Å². The van der Waals surface area contributed by atoms with Crippen LogP contribution in [-0.4, -0.2) is 53.2 Å². The molecule has 4 heteroatoms. The Morgan fingerprint density at radius 1 is 1.07 bits per heavy atom. The third-order valence-electron chi connectivity index (χ3n) is 3.57. The summed E-state index contributed by atoms with van der Waals surface area (Å²) in [6.45, 7) is 3.77. The third-order valence-corrected chi connectivity index (χ3v) is 3.57. The van der Waals surface area contributed by atoms with Gasteiger partial charge < -0.3 is 10.0 Å². The fraction of sp³-hybridized carbons (Fsp3) is 0.909. The van der Waals surface area contributed by atoms with Crippen LogP contribution in [0.3, 0.4) is 0 Å². The van der Waals surface area contributed by atoms with Gasteiger partial charge in [-0.25, -0.2) is 4.79 Å². The van der Waals surface area contributed by atoms with Crippen molar-refractivity contribution in [1.82, 2.24) is 9.80 Å². The highest BCUT2D eigenvalue weighted by molar-refractivity contribution is 5.65. The van der Waals surface area contributed by atoms with E-state index >= 15 is 0 Å². The van der Waals surface area contributed by atoms with Gasteiger partial charge in [0, 0.05) is 19.1 Å². The van der Waals surface area contributed by atoms with E-state index in [1.807, 2.05) is 0 Å². The topological polar surface area (TPSA) is 43.8 Å². The van der Waals surface area contributed by atoms with Crippen LogP contribution in [0.5, 0.6) is 0 Å². The van der Waals surface area contributed by atoms with Gasteiger partial charge in [-0.15, -0.1) is 0 Å². The summed E-state index contributed by atoms with van der Waals surface area (Å²) in [6, 6.07) is 0.482. The number of carboxylic acid groups (broad SMARTS) is 1. The highest BCUT2D eigenvalue weighted by atomic mass is 16.4. The molecule has 0 aromatic rings. The molecule has 1 atom stereocenters. The third kappa shape index (κ3) is 2.62. The standard InChI is InChI=1S/C11H20N2O2/c14-11(15)13-8-4-5-10(9-13)12-6-2-1-3-7-12/h10H,1-9H2,(H,14,15)/t10-/m0/s1. The second kappa shape index (κ2) is 4.84. The zero-order chi connectivity index (χ0) is 10.7. The molecule has 2 saturated heterocycles. The molecular formula is C11H20N2O2. The number of rotatable bonds is 1. The summed E-state index contributed by atoms with van der Waals surface area (Å²) in [5.74, 6) is 0. The molecule has 15 heavy (non-hydrogen) atoms. The summed E-state index contributed by atoms with van der Waals surface area (Å²) >= 11 is 0. The first kappa shape index (κ1) is 10.7. The average molecular weight is 212 g/mol. The Kier molecular flexibility index (Phi) is 3.46. The van der Waals surface area contributed by atoms with E-state index in [2.05, 4.69) is 4.90 Å². The smallest absolute Gasteiger partial charge is 0.407 e. The van der Waals surface area contributed by atoms with E-state index in [1.54, 1.807) is 4.90 Å². The van der Waals surface area contributed by atoms with Crippen LogP contribution in [0.1, 0.15) is 32.1 Å². The lowest BCUT2D eigenvalue weighted by Gasteiger charge is -2.40. The molecule has 0 radical (unpaired) electrons.